The predicted octanol–water partition coefficient (Wildman–Crippen LogP) is 5.14. The molecule has 0 N–H and O–H groups in total. The summed E-state index contributed by atoms with van der Waals surface area (Å²) >= 11 is 0. The van der Waals surface area contributed by atoms with Crippen LogP contribution >= 0.6 is 0 Å². The highest BCUT2D eigenvalue weighted by atomic mass is 19.4. The number of methoxy groups -OCH3 is 1. The number of benzene rings is 1. The molecule has 0 amide bonds. The first-order chi connectivity index (χ1) is 13.8. The average molecular weight is 403 g/mol. The van der Waals surface area contributed by atoms with Gasteiger partial charge in [-0.2, -0.15) is 13.2 Å². The van der Waals surface area contributed by atoms with E-state index in [-0.39, 0.29) is 6.04 Å². The normalized spacial score (nSPS) is 12.6. The Hall–Kier alpha value is -3.16. The first kappa shape index (κ1) is 20.6. The number of carbonyl (C=O) groups excluding carboxylic acids is 1. The third kappa shape index (κ3) is 4.47. The van der Waals surface area contributed by atoms with E-state index in [9.17, 15) is 18.0 Å². The minimum absolute atomic E-state index is 0.119. The summed E-state index contributed by atoms with van der Waals surface area (Å²) in [5.74, 6) is -0.464. The van der Waals surface area contributed by atoms with Crippen molar-refractivity contribution in [2.45, 2.75) is 32.0 Å². The van der Waals surface area contributed by atoms with E-state index in [2.05, 4.69) is 9.97 Å². The number of alkyl halides is 3. The summed E-state index contributed by atoms with van der Waals surface area (Å²) in [4.78, 5) is 20.0. The number of rotatable bonds is 6. The van der Waals surface area contributed by atoms with Crippen molar-refractivity contribution in [2.24, 2.45) is 0 Å². The Morgan fingerprint density at radius 1 is 1.14 bits per heavy atom. The van der Waals surface area contributed by atoms with Gasteiger partial charge in [-0.3, -0.25) is 4.98 Å². The Balaban J connectivity index is 1.89. The Morgan fingerprint density at radius 3 is 2.41 bits per heavy atom. The Labute approximate surface area is 166 Å². The van der Waals surface area contributed by atoms with Crippen molar-refractivity contribution in [1.82, 2.24) is 14.5 Å². The molecule has 1 atom stereocenters. The maximum absolute atomic E-state index is 12.7. The zero-order valence-electron chi connectivity index (χ0n) is 16.0. The lowest BCUT2D eigenvalue weighted by atomic mass is 9.99. The molecule has 0 fully saturated rings. The number of pyridine rings is 1. The molecule has 0 radical (unpaired) electrons. The van der Waals surface area contributed by atoms with E-state index >= 15 is 0 Å². The van der Waals surface area contributed by atoms with Gasteiger partial charge in [0.1, 0.15) is 5.69 Å². The second kappa shape index (κ2) is 8.46. The van der Waals surface area contributed by atoms with Crippen molar-refractivity contribution in [3.63, 3.8) is 0 Å². The van der Waals surface area contributed by atoms with E-state index in [4.69, 9.17) is 4.74 Å². The number of hydrogen-bond donors (Lipinski definition) is 0. The lowest BCUT2D eigenvalue weighted by Crippen LogP contribution is -2.16. The van der Waals surface area contributed by atoms with Crippen molar-refractivity contribution in [1.29, 1.82) is 0 Å². The zero-order chi connectivity index (χ0) is 21.0. The van der Waals surface area contributed by atoms with Crippen LogP contribution in [0.4, 0.5) is 13.2 Å². The second-order valence-corrected chi connectivity index (χ2v) is 6.53. The van der Waals surface area contributed by atoms with Gasteiger partial charge in [0.2, 0.25) is 0 Å². The van der Waals surface area contributed by atoms with Crippen LogP contribution < -0.4 is 0 Å². The molecule has 3 rings (SSSR count). The summed E-state index contributed by atoms with van der Waals surface area (Å²) in [6.45, 7) is 2.04. The smallest absolute Gasteiger partial charge is 0.417 e. The molecule has 29 heavy (non-hydrogen) atoms. The minimum atomic E-state index is -4.41. The molecule has 8 heteroatoms. The minimum Gasteiger partial charge on any atom is -0.464 e. The molecular weight excluding hydrogens is 383 g/mol. The molecule has 0 spiro atoms. The van der Waals surface area contributed by atoms with E-state index in [0.29, 0.717) is 17.0 Å². The first-order valence-electron chi connectivity index (χ1n) is 9.09. The molecule has 5 nitrogen and oxygen atoms in total. The molecule has 152 valence electrons. The SMILES string of the molecule is CCCC(c1ccc(-c2ccc(C(F)(F)F)cn2)cc1)n1cncc1C(=O)OC. The number of esters is 1. The van der Waals surface area contributed by atoms with Crippen molar-refractivity contribution < 1.29 is 22.7 Å². The molecule has 1 aromatic carbocycles. The standard InChI is InChI=1S/C21H20F3N3O2/c1-3-4-18(27-13-25-12-19(27)20(28)29-2)15-7-5-14(6-8-15)17-10-9-16(11-26-17)21(22,23)24/h5-13,18H,3-4H2,1-2H3. The van der Waals surface area contributed by atoms with Gasteiger partial charge >= 0.3 is 12.1 Å². The summed E-state index contributed by atoms with van der Waals surface area (Å²) in [5, 5.41) is 0. The maximum atomic E-state index is 12.7. The van der Waals surface area contributed by atoms with Gasteiger partial charge in [0.25, 0.3) is 0 Å². The van der Waals surface area contributed by atoms with Crippen molar-refractivity contribution in [2.75, 3.05) is 7.11 Å². The maximum Gasteiger partial charge on any atom is 0.417 e. The van der Waals surface area contributed by atoms with Gasteiger partial charge in [-0.1, -0.05) is 37.6 Å². The number of imidazole rings is 1. The van der Waals surface area contributed by atoms with Crippen LogP contribution in [-0.4, -0.2) is 27.6 Å². The molecule has 0 saturated carbocycles. The average Bonchev–Trinajstić information content (AvgIpc) is 3.20. The topological polar surface area (TPSA) is 57.0 Å². The lowest BCUT2D eigenvalue weighted by Gasteiger charge is -2.20. The van der Waals surface area contributed by atoms with Gasteiger partial charge in [0, 0.05) is 11.8 Å². The molecule has 0 aliphatic rings. The monoisotopic (exact) mass is 403 g/mol. The molecule has 0 bridgehead atoms. The van der Waals surface area contributed by atoms with Gasteiger partial charge in [-0.15, -0.1) is 0 Å². The quantitative estimate of drug-likeness (QED) is 0.535. The van der Waals surface area contributed by atoms with Crippen molar-refractivity contribution >= 4 is 5.97 Å². The lowest BCUT2D eigenvalue weighted by molar-refractivity contribution is -0.137. The fourth-order valence-corrected chi connectivity index (χ4v) is 3.16. The van der Waals surface area contributed by atoms with Crippen LogP contribution in [-0.2, 0) is 10.9 Å². The number of halogens is 3. The zero-order valence-corrected chi connectivity index (χ0v) is 16.0. The van der Waals surface area contributed by atoms with Crippen LogP contribution in [0.2, 0.25) is 0 Å². The summed E-state index contributed by atoms with van der Waals surface area (Å²) in [6, 6.07) is 9.64. The fourth-order valence-electron chi connectivity index (χ4n) is 3.16. The van der Waals surface area contributed by atoms with E-state index in [1.165, 1.54) is 19.4 Å². The Kier molecular flexibility index (Phi) is 6.00. The fraction of sp³-hybridized carbons (Fsp3) is 0.286. The van der Waals surface area contributed by atoms with Gasteiger partial charge in [0.05, 0.1) is 36.9 Å². The number of ether oxygens (including phenoxy) is 1. The number of hydrogen-bond acceptors (Lipinski definition) is 4. The van der Waals surface area contributed by atoms with E-state index in [1.807, 2.05) is 31.2 Å². The Bertz CT molecular complexity index is 964. The molecule has 2 heterocycles. The highest BCUT2D eigenvalue weighted by Crippen LogP contribution is 2.31. The van der Waals surface area contributed by atoms with E-state index in [1.54, 1.807) is 10.9 Å². The van der Waals surface area contributed by atoms with E-state index in [0.717, 1.165) is 30.7 Å². The largest absolute Gasteiger partial charge is 0.464 e. The highest BCUT2D eigenvalue weighted by Gasteiger charge is 2.30. The van der Waals surface area contributed by atoms with Crippen molar-refractivity contribution in [3.05, 3.63) is 71.9 Å². The summed E-state index contributed by atoms with van der Waals surface area (Å²) in [6.07, 6.45) is 1.14. The number of nitrogens with zero attached hydrogens (tertiary/aromatic N) is 3. The highest BCUT2D eigenvalue weighted by molar-refractivity contribution is 5.87. The van der Waals surface area contributed by atoms with E-state index < -0.39 is 17.7 Å². The Morgan fingerprint density at radius 2 is 1.86 bits per heavy atom. The van der Waals surface area contributed by atoms with Crippen LogP contribution in [0.1, 0.15) is 47.4 Å². The van der Waals surface area contributed by atoms with Gasteiger partial charge in [0.15, 0.2) is 0 Å². The molecule has 1 unspecified atom stereocenters. The summed E-state index contributed by atoms with van der Waals surface area (Å²) in [5.41, 5.74) is 1.69. The molecule has 0 aliphatic heterocycles. The predicted molar refractivity (Wildman–Crippen MR) is 101 cm³/mol. The number of aromatic nitrogens is 3. The van der Waals surface area contributed by atoms with Crippen LogP contribution in [0.5, 0.6) is 0 Å². The van der Waals surface area contributed by atoms with Crippen LogP contribution in [0.15, 0.2) is 55.1 Å². The van der Waals surface area contributed by atoms with Gasteiger partial charge in [-0.05, 0) is 24.1 Å². The summed E-state index contributed by atoms with van der Waals surface area (Å²) < 4.78 is 44.7. The third-order valence-corrected chi connectivity index (χ3v) is 4.64. The number of carbonyl (C=O) groups is 1. The second-order valence-electron chi connectivity index (χ2n) is 6.53. The summed E-state index contributed by atoms with van der Waals surface area (Å²) in [7, 11) is 1.32. The van der Waals surface area contributed by atoms with Crippen LogP contribution in [0.3, 0.4) is 0 Å². The third-order valence-electron chi connectivity index (χ3n) is 4.64. The van der Waals surface area contributed by atoms with Crippen molar-refractivity contribution in [3.8, 4) is 11.3 Å². The molecule has 0 aliphatic carbocycles. The molecular formula is C21H20F3N3O2. The van der Waals surface area contributed by atoms with Gasteiger partial charge in [-0.25, -0.2) is 9.78 Å². The van der Waals surface area contributed by atoms with Crippen LogP contribution in [0, 0.1) is 0 Å². The first-order valence-corrected chi connectivity index (χ1v) is 9.09. The molecule has 0 saturated heterocycles. The molecule has 3 aromatic rings. The molecule has 2 aromatic heterocycles. The van der Waals surface area contributed by atoms with Gasteiger partial charge < -0.3 is 9.30 Å². The van der Waals surface area contributed by atoms with Crippen LogP contribution in [0.25, 0.3) is 11.3 Å².